The van der Waals surface area contributed by atoms with Gasteiger partial charge in [0.25, 0.3) is 0 Å². The number of nitrogens with zero attached hydrogens (tertiary/aromatic N) is 1. The molecule has 0 aromatic heterocycles. The van der Waals surface area contributed by atoms with Gasteiger partial charge in [-0.1, -0.05) is 174 Å². The molecule has 3 aromatic rings. The third-order valence-corrected chi connectivity index (χ3v) is 8.23. The topological polar surface area (TPSA) is 0 Å². The van der Waals surface area contributed by atoms with Crippen molar-refractivity contribution >= 4 is 0 Å². The first-order valence-electron chi connectivity index (χ1n) is 16.4. The van der Waals surface area contributed by atoms with E-state index >= 15 is 0 Å². The lowest BCUT2D eigenvalue weighted by Gasteiger charge is -2.39. The lowest BCUT2D eigenvalue weighted by Crippen LogP contribution is -2.46. The van der Waals surface area contributed by atoms with Gasteiger partial charge in [-0.05, 0) is 19.3 Å². The van der Waals surface area contributed by atoms with Crippen LogP contribution in [0.5, 0.6) is 0 Å². The summed E-state index contributed by atoms with van der Waals surface area (Å²) >= 11 is 0. The molecule has 3 rings (SSSR count). The van der Waals surface area contributed by atoms with Crippen molar-refractivity contribution < 1.29 is 4.48 Å². The molecule has 1 nitrogen and oxygen atoms in total. The molecule has 40 heavy (non-hydrogen) atoms. The zero-order valence-electron chi connectivity index (χ0n) is 25.5. The molecule has 3 aromatic carbocycles. The highest BCUT2D eigenvalue weighted by Crippen LogP contribution is 2.25. The van der Waals surface area contributed by atoms with E-state index < -0.39 is 0 Å². The molecule has 0 spiro atoms. The van der Waals surface area contributed by atoms with Crippen LogP contribution in [0.15, 0.2) is 103 Å². The quantitative estimate of drug-likeness (QED) is 0.0678. The van der Waals surface area contributed by atoms with Crippen molar-refractivity contribution in [1.82, 2.24) is 0 Å². The zero-order valence-corrected chi connectivity index (χ0v) is 25.5. The highest BCUT2D eigenvalue weighted by Gasteiger charge is 2.28. The van der Waals surface area contributed by atoms with Crippen molar-refractivity contribution in [2.24, 2.45) is 0 Å². The first kappa shape index (κ1) is 31.9. The molecule has 0 radical (unpaired) electrons. The zero-order chi connectivity index (χ0) is 28.0. The Balaban J connectivity index is 1.46. The Morgan fingerprint density at radius 3 is 1.18 bits per heavy atom. The van der Waals surface area contributed by atoms with E-state index in [-0.39, 0.29) is 0 Å². The average molecular weight is 539 g/mol. The van der Waals surface area contributed by atoms with E-state index in [9.17, 15) is 0 Å². The third-order valence-electron chi connectivity index (χ3n) is 8.23. The second-order valence-electron chi connectivity index (χ2n) is 11.9. The summed E-state index contributed by atoms with van der Waals surface area (Å²) in [7, 11) is 0. The van der Waals surface area contributed by atoms with Gasteiger partial charge in [-0.2, -0.15) is 0 Å². The molecule has 0 unspecified atom stereocenters. The summed E-state index contributed by atoms with van der Waals surface area (Å²) in [5.74, 6) is 0. The molecule has 0 saturated carbocycles. The lowest BCUT2D eigenvalue weighted by atomic mass is 10.0. The standard InChI is InChI=1S/C39H56N/c1-2-3-4-5-6-7-8-9-10-11-12-13-14-15-16-26-33-40(34-37-27-20-17-21-28-37,35-38-29-22-18-23-30-38)36-39-31-24-19-25-32-39/h14-15,17-25,27-32H,2-13,16,26,33-36H2,1H3/q+1/b15-14+. The number of hydrogen-bond acceptors (Lipinski definition) is 0. The van der Waals surface area contributed by atoms with Crippen LogP contribution in [0, 0.1) is 0 Å². The van der Waals surface area contributed by atoms with Crippen molar-refractivity contribution in [3.8, 4) is 0 Å². The van der Waals surface area contributed by atoms with Crippen LogP contribution in [0.1, 0.15) is 114 Å². The van der Waals surface area contributed by atoms with Crippen LogP contribution in [0.2, 0.25) is 0 Å². The van der Waals surface area contributed by atoms with E-state index in [0.717, 1.165) is 24.1 Å². The molecule has 0 aliphatic carbocycles. The van der Waals surface area contributed by atoms with E-state index in [1.54, 1.807) is 0 Å². The van der Waals surface area contributed by atoms with Crippen LogP contribution in [-0.4, -0.2) is 11.0 Å². The van der Waals surface area contributed by atoms with Gasteiger partial charge in [-0.25, -0.2) is 0 Å². The molecule has 0 amide bonds. The van der Waals surface area contributed by atoms with Crippen molar-refractivity contribution in [3.63, 3.8) is 0 Å². The number of hydrogen-bond donors (Lipinski definition) is 0. The Hall–Kier alpha value is -2.64. The van der Waals surface area contributed by atoms with Crippen LogP contribution >= 0.6 is 0 Å². The van der Waals surface area contributed by atoms with Crippen LogP contribution < -0.4 is 0 Å². The number of allylic oxidation sites excluding steroid dienone is 2. The second-order valence-corrected chi connectivity index (χ2v) is 11.9. The highest BCUT2D eigenvalue weighted by atomic mass is 15.3. The fourth-order valence-electron chi connectivity index (χ4n) is 6.02. The molecular weight excluding hydrogens is 482 g/mol. The lowest BCUT2D eigenvalue weighted by molar-refractivity contribution is -0.966. The summed E-state index contributed by atoms with van der Waals surface area (Å²) in [5, 5.41) is 0. The van der Waals surface area contributed by atoms with E-state index in [0.29, 0.717) is 0 Å². The molecule has 0 N–H and O–H groups in total. The number of benzene rings is 3. The van der Waals surface area contributed by atoms with Gasteiger partial charge in [0.15, 0.2) is 0 Å². The van der Waals surface area contributed by atoms with E-state index in [1.807, 2.05) is 0 Å². The molecular formula is C39H56N+. The second kappa shape index (κ2) is 20.3. The van der Waals surface area contributed by atoms with Gasteiger partial charge in [-0.3, -0.25) is 0 Å². The predicted octanol–water partition coefficient (Wildman–Crippen LogP) is 11.4. The summed E-state index contributed by atoms with van der Waals surface area (Å²) in [4.78, 5) is 0. The maximum Gasteiger partial charge on any atom is 0.105 e. The molecule has 0 aliphatic heterocycles. The Labute approximate surface area is 246 Å². The van der Waals surface area contributed by atoms with E-state index in [4.69, 9.17) is 0 Å². The highest BCUT2D eigenvalue weighted by molar-refractivity contribution is 5.17. The van der Waals surface area contributed by atoms with E-state index in [1.165, 1.54) is 113 Å². The fourth-order valence-corrected chi connectivity index (χ4v) is 6.02. The Morgan fingerprint density at radius 1 is 0.425 bits per heavy atom. The Morgan fingerprint density at radius 2 is 0.775 bits per heavy atom. The Kier molecular flexibility index (Phi) is 16.2. The third kappa shape index (κ3) is 13.6. The SMILES string of the molecule is CCCCCCCCCCCCC/C=C/CCC[N+](Cc1ccccc1)(Cc1ccccc1)Cc1ccccc1. The minimum absolute atomic E-state index is 1.06. The smallest absolute Gasteiger partial charge is 0.105 e. The van der Waals surface area contributed by atoms with Crippen molar-refractivity contribution in [2.45, 2.75) is 116 Å². The molecule has 1 heteroatoms. The summed E-state index contributed by atoms with van der Waals surface area (Å²) in [5.41, 5.74) is 4.30. The van der Waals surface area contributed by atoms with Crippen molar-refractivity contribution in [1.29, 1.82) is 0 Å². The molecule has 0 saturated heterocycles. The first-order chi connectivity index (χ1) is 19.8. The summed E-state index contributed by atoms with van der Waals surface area (Å²) < 4.78 is 1.06. The number of quaternary nitrogens is 1. The summed E-state index contributed by atoms with van der Waals surface area (Å²) in [6.07, 6.45) is 24.1. The molecule has 0 fully saturated rings. The van der Waals surface area contributed by atoms with Crippen LogP contribution in [0.4, 0.5) is 0 Å². The van der Waals surface area contributed by atoms with Gasteiger partial charge in [0, 0.05) is 23.1 Å². The van der Waals surface area contributed by atoms with Crippen LogP contribution in [0.25, 0.3) is 0 Å². The van der Waals surface area contributed by atoms with Crippen molar-refractivity contribution in [2.75, 3.05) is 6.54 Å². The molecule has 0 atom stereocenters. The Bertz CT molecular complexity index is 907. The molecule has 0 aliphatic rings. The van der Waals surface area contributed by atoms with Crippen LogP contribution in [0.3, 0.4) is 0 Å². The summed E-state index contributed by atoms with van der Waals surface area (Å²) in [6, 6.07) is 33.3. The monoisotopic (exact) mass is 538 g/mol. The minimum atomic E-state index is 1.06. The van der Waals surface area contributed by atoms with Gasteiger partial charge in [0.2, 0.25) is 0 Å². The van der Waals surface area contributed by atoms with Crippen LogP contribution in [-0.2, 0) is 19.6 Å². The fraction of sp³-hybridized carbons (Fsp3) is 0.487. The first-order valence-corrected chi connectivity index (χ1v) is 16.4. The largest absolute Gasteiger partial charge is 0.312 e. The van der Waals surface area contributed by atoms with Crippen molar-refractivity contribution in [3.05, 3.63) is 120 Å². The van der Waals surface area contributed by atoms with Gasteiger partial charge in [0.05, 0.1) is 6.54 Å². The maximum absolute atomic E-state index is 2.46. The van der Waals surface area contributed by atoms with E-state index in [2.05, 4.69) is 110 Å². The van der Waals surface area contributed by atoms with Gasteiger partial charge in [-0.15, -0.1) is 0 Å². The summed E-state index contributed by atoms with van der Waals surface area (Å²) in [6.45, 7) is 6.67. The average Bonchev–Trinajstić information content (AvgIpc) is 2.98. The molecule has 0 bridgehead atoms. The maximum atomic E-state index is 2.46. The number of rotatable bonds is 22. The minimum Gasteiger partial charge on any atom is -0.312 e. The molecule has 0 heterocycles. The normalized spacial score (nSPS) is 11.8. The van der Waals surface area contributed by atoms with Gasteiger partial charge < -0.3 is 4.48 Å². The van der Waals surface area contributed by atoms with Gasteiger partial charge in [0.1, 0.15) is 19.6 Å². The number of unbranched alkanes of at least 4 members (excludes halogenated alkanes) is 12. The predicted molar refractivity (Wildman–Crippen MR) is 175 cm³/mol. The van der Waals surface area contributed by atoms with Gasteiger partial charge >= 0.3 is 0 Å². The molecule has 216 valence electrons.